The first-order chi connectivity index (χ1) is 16.3. The summed E-state index contributed by atoms with van der Waals surface area (Å²) >= 11 is 7.11. The van der Waals surface area contributed by atoms with Crippen molar-refractivity contribution in [3.63, 3.8) is 0 Å². The van der Waals surface area contributed by atoms with Gasteiger partial charge in [-0.25, -0.2) is 13.2 Å². The monoisotopic (exact) mass is 518 g/mol. The molecule has 1 amide bonds. The Morgan fingerprint density at radius 1 is 1.12 bits per heavy atom. The highest BCUT2D eigenvalue weighted by molar-refractivity contribution is 7.92. The predicted molar refractivity (Wildman–Crippen MR) is 132 cm³/mol. The number of anilines is 1. The maximum Gasteiger partial charge on any atom is 0.341 e. The smallest absolute Gasteiger partial charge is 0.341 e. The number of halogens is 1. The molecule has 0 fully saturated rings. The quantitative estimate of drug-likeness (QED) is 0.472. The normalized spacial score (nSPS) is 13.8. The Labute approximate surface area is 207 Å². The first kappa shape index (κ1) is 24.4. The molecule has 178 valence electrons. The standard InChI is InChI=1S/C24H23ClN2O5S2/c1-32-24(29)22-19-11-12-27(13-16-5-3-2-4-6-16)14-20(19)33-23(22)26-21(28)15-34(30,31)18-9-7-17(25)8-10-18/h2-10H,11-15H2,1H3,(H,26,28). The molecule has 0 bridgehead atoms. The molecule has 7 nitrogen and oxygen atoms in total. The topological polar surface area (TPSA) is 92.8 Å². The summed E-state index contributed by atoms with van der Waals surface area (Å²) in [5.41, 5.74) is 2.34. The Hall–Kier alpha value is -2.72. The predicted octanol–water partition coefficient (Wildman–Crippen LogP) is 4.16. The highest BCUT2D eigenvalue weighted by Crippen LogP contribution is 2.38. The zero-order chi connectivity index (χ0) is 24.3. The van der Waals surface area contributed by atoms with Gasteiger partial charge in [0.05, 0.1) is 17.6 Å². The number of sulfone groups is 1. The summed E-state index contributed by atoms with van der Waals surface area (Å²) in [7, 11) is -2.59. The molecule has 1 aromatic heterocycles. The van der Waals surface area contributed by atoms with Gasteiger partial charge in [-0.2, -0.15) is 0 Å². The molecule has 1 N–H and O–H groups in total. The largest absolute Gasteiger partial charge is 0.465 e. The maximum atomic E-state index is 12.7. The van der Waals surface area contributed by atoms with Crippen molar-refractivity contribution in [2.45, 2.75) is 24.4 Å². The van der Waals surface area contributed by atoms with Gasteiger partial charge in [0.25, 0.3) is 0 Å². The molecule has 34 heavy (non-hydrogen) atoms. The van der Waals surface area contributed by atoms with Gasteiger partial charge in [-0.05, 0) is 41.8 Å². The lowest BCUT2D eigenvalue weighted by atomic mass is 10.0. The summed E-state index contributed by atoms with van der Waals surface area (Å²) in [5, 5.41) is 3.35. The van der Waals surface area contributed by atoms with Crippen LogP contribution in [0.2, 0.25) is 5.02 Å². The van der Waals surface area contributed by atoms with Gasteiger partial charge in [0, 0.05) is 29.5 Å². The summed E-state index contributed by atoms with van der Waals surface area (Å²) in [4.78, 5) is 28.5. The Balaban J connectivity index is 1.53. The first-order valence-corrected chi connectivity index (χ1v) is 13.4. The van der Waals surface area contributed by atoms with Crippen molar-refractivity contribution in [2.24, 2.45) is 0 Å². The van der Waals surface area contributed by atoms with Crippen LogP contribution in [0.5, 0.6) is 0 Å². The van der Waals surface area contributed by atoms with Gasteiger partial charge in [0.15, 0.2) is 9.84 Å². The Kier molecular flexibility index (Phi) is 7.37. The molecule has 0 atom stereocenters. The van der Waals surface area contributed by atoms with Crippen molar-refractivity contribution in [1.82, 2.24) is 4.90 Å². The van der Waals surface area contributed by atoms with Crippen LogP contribution >= 0.6 is 22.9 Å². The minimum Gasteiger partial charge on any atom is -0.465 e. The number of carbonyl (C=O) groups excluding carboxylic acids is 2. The molecular formula is C24H23ClN2O5S2. The average molecular weight is 519 g/mol. The molecule has 10 heteroatoms. The van der Waals surface area contributed by atoms with E-state index in [2.05, 4.69) is 22.3 Å². The van der Waals surface area contributed by atoms with Crippen LogP contribution < -0.4 is 5.32 Å². The van der Waals surface area contributed by atoms with Gasteiger partial charge in [0.1, 0.15) is 10.8 Å². The van der Waals surface area contributed by atoms with Crippen LogP contribution in [0, 0.1) is 0 Å². The molecule has 2 aromatic carbocycles. The number of methoxy groups -OCH3 is 1. The van der Waals surface area contributed by atoms with Crippen LogP contribution in [-0.2, 0) is 38.9 Å². The van der Waals surface area contributed by atoms with E-state index in [1.165, 1.54) is 48.3 Å². The van der Waals surface area contributed by atoms with Gasteiger partial charge in [-0.1, -0.05) is 41.9 Å². The lowest BCUT2D eigenvalue weighted by molar-refractivity contribution is -0.113. The second-order valence-electron chi connectivity index (χ2n) is 7.91. The van der Waals surface area contributed by atoms with E-state index in [1.807, 2.05) is 18.2 Å². The van der Waals surface area contributed by atoms with E-state index in [4.69, 9.17) is 16.3 Å². The Bertz CT molecular complexity index is 1310. The van der Waals surface area contributed by atoms with E-state index >= 15 is 0 Å². The Morgan fingerprint density at radius 2 is 1.82 bits per heavy atom. The van der Waals surface area contributed by atoms with Crippen molar-refractivity contribution in [2.75, 3.05) is 24.7 Å². The third-order valence-electron chi connectivity index (χ3n) is 5.52. The van der Waals surface area contributed by atoms with Crippen molar-refractivity contribution in [1.29, 1.82) is 0 Å². The number of thiophene rings is 1. The van der Waals surface area contributed by atoms with Crippen LogP contribution in [0.25, 0.3) is 0 Å². The number of benzene rings is 2. The van der Waals surface area contributed by atoms with Crippen LogP contribution in [0.4, 0.5) is 5.00 Å². The number of amides is 1. The SMILES string of the molecule is COC(=O)c1c(NC(=O)CS(=O)(=O)c2ccc(Cl)cc2)sc2c1CCN(Cc1ccccc1)C2. The molecule has 1 aliphatic heterocycles. The van der Waals surface area contributed by atoms with Gasteiger partial charge in [0.2, 0.25) is 5.91 Å². The molecule has 3 aromatic rings. The fourth-order valence-electron chi connectivity index (χ4n) is 3.90. The van der Waals surface area contributed by atoms with E-state index in [-0.39, 0.29) is 4.90 Å². The average Bonchev–Trinajstić information content (AvgIpc) is 3.16. The maximum absolute atomic E-state index is 12.7. The van der Waals surface area contributed by atoms with E-state index in [0.717, 1.165) is 23.5 Å². The van der Waals surface area contributed by atoms with Crippen LogP contribution in [0.1, 0.15) is 26.4 Å². The molecule has 0 saturated heterocycles. The minimum atomic E-state index is -3.87. The minimum absolute atomic E-state index is 0.00210. The molecule has 0 aliphatic carbocycles. The number of nitrogens with zero attached hydrogens (tertiary/aromatic N) is 1. The first-order valence-electron chi connectivity index (χ1n) is 10.5. The molecule has 0 spiro atoms. The third kappa shape index (κ3) is 5.50. The third-order valence-corrected chi connectivity index (χ3v) is 8.54. The van der Waals surface area contributed by atoms with Crippen molar-refractivity contribution in [3.05, 3.63) is 81.2 Å². The van der Waals surface area contributed by atoms with E-state index in [0.29, 0.717) is 28.6 Å². The summed E-state index contributed by atoms with van der Waals surface area (Å²) in [6, 6.07) is 15.7. The molecular weight excluding hydrogens is 496 g/mol. The number of nitrogens with one attached hydrogen (secondary N) is 1. The van der Waals surface area contributed by atoms with E-state index in [9.17, 15) is 18.0 Å². The molecule has 4 rings (SSSR count). The highest BCUT2D eigenvalue weighted by Gasteiger charge is 2.30. The lowest BCUT2D eigenvalue weighted by Gasteiger charge is -2.27. The summed E-state index contributed by atoms with van der Waals surface area (Å²) in [5.74, 6) is -2.03. The van der Waals surface area contributed by atoms with Gasteiger partial charge in [-0.15, -0.1) is 11.3 Å². The van der Waals surface area contributed by atoms with Gasteiger partial charge in [-0.3, -0.25) is 9.69 Å². The fourth-order valence-corrected chi connectivity index (χ4v) is 6.45. The second kappa shape index (κ2) is 10.3. The fraction of sp³-hybridized carbons (Fsp3) is 0.250. The number of ether oxygens (including phenoxy) is 1. The number of rotatable bonds is 7. The summed E-state index contributed by atoms with van der Waals surface area (Å²) in [6.45, 7) is 2.14. The van der Waals surface area contributed by atoms with Gasteiger partial charge >= 0.3 is 5.97 Å². The van der Waals surface area contributed by atoms with Crippen LogP contribution in [0.15, 0.2) is 59.5 Å². The van der Waals surface area contributed by atoms with Crippen molar-refractivity contribution < 1.29 is 22.7 Å². The number of hydrogen-bond acceptors (Lipinski definition) is 7. The van der Waals surface area contributed by atoms with Crippen molar-refractivity contribution in [3.8, 4) is 0 Å². The van der Waals surface area contributed by atoms with Crippen LogP contribution in [-0.4, -0.2) is 44.6 Å². The number of esters is 1. The lowest BCUT2D eigenvalue weighted by Crippen LogP contribution is -2.29. The second-order valence-corrected chi connectivity index (χ2v) is 11.4. The molecule has 1 aliphatic rings. The summed E-state index contributed by atoms with van der Waals surface area (Å²) < 4.78 is 30.2. The Morgan fingerprint density at radius 3 is 2.50 bits per heavy atom. The van der Waals surface area contributed by atoms with E-state index in [1.54, 1.807) is 0 Å². The number of hydrogen-bond donors (Lipinski definition) is 1. The number of fused-ring (bicyclic) bond motifs is 1. The zero-order valence-electron chi connectivity index (χ0n) is 18.4. The summed E-state index contributed by atoms with van der Waals surface area (Å²) in [6.07, 6.45) is 0.627. The zero-order valence-corrected chi connectivity index (χ0v) is 20.8. The van der Waals surface area contributed by atoms with Crippen molar-refractivity contribution >= 4 is 49.7 Å². The molecule has 2 heterocycles. The highest BCUT2D eigenvalue weighted by atomic mass is 35.5. The van der Waals surface area contributed by atoms with Gasteiger partial charge < -0.3 is 10.1 Å². The van der Waals surface area contributed by atoms with E-state index < -0.39 is 27.5 Å². The molecule has 0 saturated carbocycles. The van der Waals surface area contributed by atoms with Crippen LogP contribution in [0.3, 0.4) is 0 Å². The molecule has 0 unspecified atom stereocenters. The number of carbonyl (C=O) groups is 2. The molecule has 0 radical (unpaired) electrons.